The van der Waals surface area contributed by atoms with E-state index < -0.39 is 0 Å². The van der Waals surface area contributed by atoms with Gasteiger partial charge in [0, 0.05) is 17.3 Å². The van der Waals surface area contributed by atoms with Gasteiger partial charge in [-0.05, 0) is 66.9 Å². The third-order valence-electron chi connectivity index (χ3n) is 4.27. The zero-order chi connectivity index (χ0) is 19.9. The molecule has 5 nitrogen and oxygen atoms in total. The maximum atomic E-state index is 10.9. The maximum absolute atomic E-state index is 10.9. The van der Waals surface area contributed by atoms with Gasteiger partial charge in [-0.2, -0.15) is 0 Å². The number of benzene rings is 2. The molecule has 3 aromatic rings. The molecule has 0 radical (unpaired) electrons. The minimum absolute atomic E-state index is 0.0419. The lowest BCUT2D eigenvalue weighted by Crippen LogP contribution is -2.15. The molecule has 0 bridgehead atoms. The second kappa shape index (κ2) is 8.95. The summed E-state index contributed by atoms with van der Waals surface area (Å²) in [4.78, 5) is 15.7. The van der Waals surface area contributed by atoms with E-state index in [1.165, 1.54) is 5.56 Å². The molecule has 0 saturated carbocycles. The smallest absolute Gasteiger partial charge is 0.127 e. The molecule has 0 aliphatic heterocycles. The van der Waals surface area contributed by atoms with Crippen molar-refractivity contribution < 1.29 is 0 Å². The van der Waals surface area contributed by atoms with Gasteiger partial charge in [-0.15, -0.1) is 4.91 Å². The number of anilines is 1. The van der Waals surface area contributed by atoms with Crippen LogP contribution in [0.25, 0.3) is 11.3 Å². The molecule has 2 aromatic carbocycles. The minimum Gasteiger partial charge on any atom is -0.402 e. The SMILES string of the molecule is C/C(N)=C/C(C)Nc1cc(Cc2ccccc2)cc(-c2cccc(N=O)c2)n1. The van der Waals surface area contributed by atoms with Gasteiger partial charge < -0.3 is 11.1 Å². The number of aromatic nitrogens is 1. The number of allylic oxidation sites excluding steroid dienone is 1. The summed E-state index contributed by atoms with van der Waals surface area (Å²) in [5.41, 5.74) is 10.9. The molecule has 142 valence electrons. The van der Waals surface area contributed by atoms with Crippen LogP contribution in [0.15, 0.2) is 83.7 Å². The highest BCUT2D eigenvalue weighted by molar-refractivity contribution is 5.66. The van der Waals surface area contributed by atoms with Crippen molar-refractivity contribution in [3.8, 4) is 11.3 Å². The van der Waals surface area contributed by atoms with E-state index in [0.29, 0.717) is 5.69 Å². The summed E-state index contributed by atoms with van der Waals surface area (Å²) < 4.78 is 0. The zero-order valence-electron chi connectivity index (χ0n) is 16.1. The number of hydrogen-bond donors (Lipinski definition) is 2. The molecule has 28 heavy (non-hydrogen) atoms. The fraction of sp³-hybridized carbons (Fsp3) is 0.174. The second-order valence-corrected chi connectivity index (χ2v) is 6.89. The van der Waals surface area contributed by atoms with Gasteiger partial charge in [0.1, 0.15) is 11.5 Å². The summed E-state index contributed by atoms with van der Waals surface area (Å²) >= 11 is 0. The van der Waals surface area contributed by atoms with Crippen molar-refractivity contribution in [1.82, 2.24) is 4.98 Å². The standard InChI is InChI=1S/C23H24N4O/c1-16(24)11-17(2)25-23-14-19(12-18-7-4-3-5-8-18)13-22(26-23)20-9-6-10-21(15-20)27-28/h3-11,13-15,17H,12,24H2,1-2H3,(H,25,26)/b16-11-. The van der Waals surface area contributed by atoms with Crippen LogP contribution in [0.2, 0.25) is 0 Å². The molecular formula is C23H24N4O. The zero-order valence-corrected chi connectivity index (χ0v) is 16.1. The first-order valence-electron chi connectivity index (χ1n) is 9.22. The van der Waals surface area contributed by atoms with Gasteiger partial charge in [-0.1, -0.05) is 42.5 Å². The fourth-order valence-corrected chi connectivity index (χ4v) is 3.13. The van der Waals surface area contributed by atoms with E-state index in [4.69, 9.17) is 10.7 Å². The van der Waals surface area contributed by atoms with Crippen molar-refractivity contribution in [2.45, 2.75) is 26.3 Å². The van der Waals surface area contributed by atoms with E-state index in [1.54, 1.807) is 12.1 Å². The summed E-state index contributed by atoms with van der Waals surface area (Å²) in [6, 6.07) is 21.6. The number of rotatable bonds is 7. The average molecular weight is 372 g/mol. The van der Waals surface area contributed by atoms with E-state index in [2.05, 4.69) is 34.8 Å². The quantitative estimate of drug-likeness (QED) is 0.544. The molecule has 1 unspecified atom stereocenters. The van der Waals surface area contributed by atoms with Gasteiger partial charge in [0.25, 0.3) is 0 Å². The molecule has 1 heterocycles. The molecule has 0 spiro atoms. The van der Waals surface area contributed by atoms with Crippen LogP contribution in [-0.4, -0.2) is 11.0 Å². The normalized spacial score (nSPS) is 12.4. The van der Waals surface area contributed by atoms with Crippen molar-refractivity contribution in [3.05, 3.63) is 94.5 Å². The van der Waals surface area contributed by atoms with Crippen molar-refractivity contribution >= 4 is 11.5 Å². The minimum atomic E-state index is 0.0419. The molecule has 3 N–H and O–H groups in total. The Labute approximate surface area is 165 Å². The highest BCUT2D eigenvalue weighted by atomic mass is 16.3. The van der Waals surface area contributed by atoms with E-state index in [1.807, 2.05) is 50.3 Å². The van der Waals surface area contributed by atoms with Gasteiger partial charge >= 0.3 is 0 Å². The van der Waals surface area contributed by atoms with Crippen LogP contribution in [0.5, 0.6) is 0 Å². The van der Waals surface area contributed by atoms with Crippen molar-refractivity contribution in [2.24, 2.45) is 10.9 Å². The molecule has 1 atom stereocenters. The first-order valence-corrected chi connectivity index (χ1v) is 9.22. The molecule has 3 rings (SSSR count). The summed E-state index contributed by atoms with van der Waals surface area (Å²) in [6.45, 7) is 3.89. The molecular weight excluding hydrogens is 348 g/mol. The largest absolute Gasteiger partial charge is 0.402 e. The third kappa shape index (κ3) is 5.27. The third-order valence-corrected chi connectivity index (χ3v) is 4.27. The van der Waals surface area contributed by atoms with Gasteiger partial charge in [-0.3, -0.25) is 0 Å². The molecule has 0 fully saturated rings. The monoisotopic (exact) mass is 372 g/mol. The number of nitroso groups, excluding NO2 is 1. The number of nitrogens with two attached hydrogens (primary N) is 1. The lowest BCUT2D eigenvalue weighted by atomic mass is 10.0. The summed E-state index contributed by atoms with van der Waals surface area (Å²) in [7, 11) is 0. The number of nitrogens with one attached hydrogen (secondary N) is 1. The summed E-state index contributed by atoms with van der Waals surface area (Å²) in [5.74, 6) is 0.762. The van der Waals surface area contributed by atoms with Gasteiger partial charge in [0.2, 0.25) is 0 Å². The van der Waals surface area contributed by atoms with Gasteiger partial charge in [0.05, 0.1) is 5.69 Å². The van der Waals surface area contributed by atoms with Crippen LogP contribution >= 0.6 is 0 Å². The predicted octanol–water partition coefficient (Wildman–Crippen LogP) is 5.40. The van der Waals surface area contributed by atoms with Gasteiger partial charge in [0.15, 0.2) is 0 Å². The number of hydrogen-bond acceptors (Lipinski definition) is 5. The topological polar surface area (TPSA) is 80.4 Å². The fourth-order valence-electron chi connectivity index (χ4n) is 3.13. The van der Waals surface area contributed by atoms with Crippen molar-refractivity contribution in [1.29, 1.82) is 0 Å². The van der Waals surface area contributed by atoms with Crippen LogP contribution in [0, 0.1) is 4.91 Å². The lowest BCUT2D eigenvalue weighted by Gasteiger charge is -2.15. The highest BCUT2D eigenvalue weighted by Gasteiger charge is 2.09. The molecule has 0 amide bonds. The second-order valence-electron chi connectivity index (χ2n) is 6.89. The van der Waals surface area contributed by atoms with Crippen LogP contribution < -0.4 is 11.1 Å². The molecule has 1 aromatic heterocycles. The van der Waals surface area contributed by atoms with Crippen LogP contribution in [0.3, 0.4) is 0 Å². The molecule has 0 aliphatic carbocycles. The van der Waals surface area contributed by atoms with Crippen LogP contribution in [0.1, 0.15) is 25.0 Å². The lowest BCUT2D eigenvalue weighted by molar-refractivity contribution is 0.961. The summed E-state index contributed by atoms with van der Waals surface area (Å²) in [5, 5.41) is 6.42. The van der Waals surface area contributed by atoms with Gasteiger partial charge in [-0.25, -0.2) is 4.98 Å². The van der Waals surface area contributed by atoms with Crippen LogP contribution in [-0.2, 0) is 6.42 Å². The number of nitrogens with zero attached hydrogens (tertiary/aromatic N) is 2. The van der Waals surface area contributed by atoms with E-state index in [9.17, 15) is 4.91 Å². The first kappa shape index (κ1) is 19.3. The van der Waals surface area contributed by atoms with Crippen molar-refractivity contribution in [2.75, 3.05) is 5.32 Å². The predicted molar refractivity (Wildman–Crippen MR) is 115 cm³/mol. The van der Waals surface area contributed by atoms with E-state index >= 15 is 0 Å². The first-order chi connectivity index (χ1) is 13.5. The van der Waals surface area contributed by atoms with E-state index in [-0.39, 0.29) is 6.04 Å². The average Bonchev–Trinajstić information content (AvgIpc) is 2.68. The Morgan fingerprint density at radius 2 is 1.89 bits per heavy atom. The Kier molecular flexibility index (Phi) is 6.17. The Balaban J connectivity index is 1.99. The Morgan fingerprint density at radius 1 is 1.11 bits per heavy atom. The molecule has 0 aliphatic rings. The Bertz CT molecular complexity index is 979. The van der Waals surface area contributed by atoms with Crippen molar-refractivity contribution in [3.63, 3.8) is 0 Å². The van der Waals surface area contributed by atoms with E-state index in [0.717, 1.165) is 34.8 Å². The summed E-state index contributed by atoms with van der Waals surface area (Å²) in [6.07, 6.45) is 2.74. The maximum Gasteiger partial charge on any atom is 0.127 e. The highest BCUT2D eigenvalue weighted by Crippen LogP contribution is 2.26. The van der Waals surface area contributed by atoms with Crippen LogP contribution in [0.4, 0.5) is 11.5 Å². The number of pyridine rings is 1. The molecule has 0 saturated heterocycles. The molecule has 5 heteroatoms. The Morgan fingerprint density at radius 3 is 2.61 bits per heavy atom. The Hall–Kier alpha value is -3.47.